The number of carbonyl (C=O) groups is 3. The fraction of sp³-hybridized carbons (Fsp3) is 0.536. The number of nitrogens with one attached hydrogen (secondary N) is 3. The third-order valence-corrected chi connectivity index (χ3v) is 6.94. The van der Waals surface area contributed by atoms with Gasteiger partial charge in [-0.3, -0.25) is 24.4 Å². The van der Waals surface area contributed by atoms with Gasteiger partial charge in [-0.2, -0.15) is 0 Å². The van der Waals surface area contributed by atoms with Gasteiger partial charge in [0.05, 0.1) is 22.9 Å². The van der Waals surface area contributed by atoms with Crippen molar-refractivity contribution in [3.63, 3.8) is 0 Å². The molecule has 1 saturated heterocycles. The van der Waals surface area contributed by atoms with Gasteiger partial charge >= 0.3 is 5.97 Å². The zero-order valence-electron chi connectivity index (χ0n) is 22.6. The van der Waals surface area contributed by atoms with Crippen molar-refractivity contribution in [2.24, 2.45) is 5.92 Å². The molecule has 1 fully saturated rings. The molecule has 2 aromatic rings. The Morgan fingerprint density at radius 3 is 2.74 bits per heavy atom. The van der Waals surface area contributed by atoms with E-state index in [1.165, 1.54) is 5.01 Å². The van der Waals surface area contributed by atoms with Crippen molar-refractivity contribution in [2.75, 3.05) is 13.1 Å². The molecule has 0 aliphatic carbocycles. The number of carbonyl (C=O) groups excluding carboxylic acids is 3. The topological polar surface area (TPSA) is 126 Å². The standard InChI is InChI=1S/C28H38N6O4/c1-17(2)25-26(35)31-18(3)27(36)34-14-8-10-23(33-34)28(37)38-19(4)22-12-11-20-16-30-21(15-24(20)32-22)9-6-5-7-13-29-25/h6,9,11-12,15-19,23,25,29,33H,5,7-8,10,13-14H2,1-4H3,(H,31,35)/b9-6+/t18-,19+,23-,25-/m0/s1. The van der Waals surface area contributed by atoms with Crippen LogP contribution in [0.25, 0.3) is 17.0 Å². The molecule has 2 amide bonds. The van der Waals surface area contributed by atoms with E-state index in [0.717, 1.165) is 29.4 Å². The molecule has 5 bridgehead atoms. The van der Waals surface area contributed by atoms with E-state index < -0.39 is 30.2 Å². The molecule has 38 heavy (non-hydrogen) atoms. The van der Waals surface area contributed by atoms with Gasteiger partial charge in [0.2, 0.25) is 5.91 Å². The van der Waals surface area contributed by atoms with Gasteiger partial charge in [-0.25, -0.2) is 10.4 Å². The van der Waals surface area contributed by atoms with Crippen LogP contribution in [0.5, 0.6) is 0 Å². The van der Waals surface area contributed by atoms with Gasteiger partial charge in [0.1, 0.15) is 18.2 Å². The number of allylic oxidation sites excluding steroid dienone is 1. The van der Waals surface area contributed by atoms with Crippen molar-refractivity contribution < 1.29 is 19.1 Å². The maximum Gasteiger partial charge on any atom is 0.325 e. The Bertz CT molecular complexity index is 1200. The monoisotopic (exact) mass is 522 g/mol. The van der Waals surface area contributed by atoms with E-state index in [-0.39, 0.29) is 17.7 Å². The summed E-state index contributed by atoms with van der Waals surface area (Å²) in [6.45, 7) is 8.50. The molecule has 4 heterocycles. The molecule has 2 aliphatic rings. The van der Waals surface area contributed by atoms with E-state index >= 15 is 0 Å². The van der Waals surface area contributed by atoms with Gasteiger partial charge in [-0.05, 0) is 76.3 Å². The van der Waals surface area contributed by atoms with Crippen molar-refractivity contribution in [3.05, 3.63) is 41.9 Å². The minimum absolute atomic E-state index is 0.0480. The summed E-state index contributed by atoms with van der Waals surface area (Å²) in [4.78, 5) is 48.3. The number of hydrazine groups is 1. The van der Waals surface area contributed by atoms with Crippen LogP contribution >= 0.6 is 0 Å². The largest absolute Gasteiger partial charge is 0.455 e. The van der Waals surface area contributed by atoms with Crippen LogP contribution in [0.15, 0.2) is 30.5 Å². The van der Waals surface area contributed by atoms with Crippen LogP contribution in [-0.4, -0.2) is 64.0 Å². The number of fused-ring (bicyclic) bond motifs is 4. The molecule has 10 heteroatoms. The highest BCUT2D eigenvalue weighted by molar-refractivity contribution is 5.90. The highest BCUT2D eigenvalue weighted by Gasteiger charge is 2.33. The summed E-state index contributed by atoms with van der Waals surface area (Å²) in [6.07, 6.45) is 8.08. The Kier molecular flexibility index (Phi) is 9.06. The van der Waals surface area contributed by atoms with Gasteiger partial charge in [-0.1, -0.05) is 19.9 Å². The number of hydrogen-bond donors (Lipinski definition) is 3. The van der Waals surface area contributed by atoms with Crippen LogP contribution in [-0.2, 0) is 19.1 Å². The lowest BCUT2D eigenvalue weighted by atomic mass is 10.0. The second kappa shape index (κ2) is 12.4. The number of hydrogen-bond acceptors (Lipinski definition) is 8. The molecule has 2 aliphatic heterocycles. The van der Waals surface area contributed by atoms with Crippen LogP contribution in [0.1, 0.15) is 70.9 Å². The third kappa shape index (κ3) is 6.73. The highest BCUT2D eigenvalue weighted by atomic mass is 16.5. The van der Waals surface area contributed by atoms with Crippen molar-refractivity contribution in [2.45, 2.75) is 77.6 Å². The van der Waals surface area contributed by atoms with Crippen LogP contribution < -0.4 is 16.1 Å². The Morgan fingerprint density at radius 2 is 1.95 bits per heavy atom. The molecule has 4 atom stereocenters. The Balaban J connectivity index is 1.58. The lowest BCUT2D eigenvalue weighted by molar-refractivity contribution is -0.157. The van der Waals surface area contributed by atoms with Crippen molar-refractivity contribution in [3.8, 4) is 0 Å². The van der Waals surface area contributed by atoms with Gasteiger partial charge in [0, 0.05) is 18.1 Å². The number of cyclic esters (lactones) is 1. The van der Waals surface area contributed by atoms with Crippen LogP contribution in [0, 0.1) is 5.92 Å². The number of rotatable bonds is 1. The molecule has 10 nitrogen and oxygen atoms in total. The zero-order chi connectivity index (χ0) is 27.2. The predicted molar refractivity (Wildman–Crippen MR) is 144 cm³/mol. The molecule has 0 radical (unpaired) electrons. The van der Waals surface area contributed by atoms with Crippen molar-refractivity contribution >= 4 is 34.8 Å². The lowest BCUT2D eigenvalue weighted by Gasteiger charge is -2.35. The first-order valence-corrected chi connectivity index (χ1v) is 13.5. The number of pyridine rings is 2. The summed E-state index contributed by atoms with van der Waals surface area (Å²) in [5.41, 5.74) is 5.22. The quantitative estimate of drug-likeness (QED) is 0.488. The molecule has 2 aromatic heterocycles. The maximum absolute atomic E-state index is 13.1. The van der Waals surface area contributed by atoms with E-state index in [1.54, 1.807) is 20.0 Å². The van der Waals surface area contributed by atoms with E-state index in [1.807, 2.05) is 38.1 Å². The lowest BCUT2D eigenvalue weighted by Crippen LogP contribution is -2.60. The summed E-state index contributed by atoms with van der Waals surface area (Å²) in [7, 11) is 0. The minimum atomic E-state index is -0.745. The summed E-state index contributed by atoms with van der Waals surface area (Å²) < 4.78 is 5.74. The Morgan fingerprint density at radius 1 is 1.13 bits per heavy atom. The maximum atomic E-state index is 13.1. The molecule has 0 unspecified atom stereocenters. The van der Waals surface area contributed by atoms with E-state index in [2.05, 4.69) is 27.1 Å². The molecule has 204 valence electrons. The summed E-state index contributed by atoms with van der Waals surface area (Å²) in [5.74, 6) is -0.907. The smallest absolute Gasteiger partial charge is 0.325 e. The number of ether oxygens (including phenoxy) is 1. The molecule has 4 rings (SSSR count). The average Bonchev–Trinajstić information content (AvgIpc) is 2.90. The van der Waals surface area contributed by atoms with Gasteiger partial charge < -0.3 is 15.4 Å². The molecule has 0 spiro atoms. The zero-order valence-corrected chi connectivity index (χ0v) is 22.6. The SMILES string of the molecule is CC(C)[C@@H]1NCCC/C=C/c2cc3nc(ccc3cn2)[C@@H](C)OC(=O)[C@@H]2CCCN(N2)C(=O)[C@H](C)NC1=O. The molecular formula is C28H38N6O4. The normalized spacial score (nSPS) is 27.1. The van der Waals surface area contributed by atoms with Crippen molar-refractivity contribution in [1.82, 2.24) is 31.0 Å². The first-order valence-electron chi connectivity index (χ1n) is 13.5. The second-order valence-corrected chi connectivity index (χ2v) is 10.4. The Labute approximate surface area is 223 Å². The fourth-order valence-corrected chi connectivity index (χ4v) is 4.71. The second-order valence-electron chi connectivity index (χ2n) is 10.4. The van der Waals surface area contributed by atoms with Crippen LogP contribution in [0.3, 0.4) is 0 Å². The molecule has 3 N–H and O–H groups in total. The van der Waals surface area contributed by atoms with Gasteiger partial charge in [-0.15, -0.1) is 0 Å². The first-order chi connectivity index (χ1) is 18.2. The third-order valence-electron chi connectivity index (χ3n) is 6.94. The van der Waals surface area contributed by atoms with E-state index in [4.69, 9.17) is 9.72 Å². The molecule has 0 aromatic carbocycles. The van der Waals surface area contributed by atoms with E-state index in [0.29, 0.717) is 31.6 Å². The molecule has 0 saturated carbocycles. The minimum Gasteiger partial charge on any atom is -0.455 e. The predicted octanol–water partition coefficient (Wildman–Crippen LogP) is 2.66. The highest BCUT2D eigenvalue weighted by Crippen LogP contribution is 2.21. The average molecular weight is 523 g/mol. The number of esters is 1. The van der Waals surface area contributed by atoms with Gasteiger partial charge in [0.15, 0.2) is 0 Å². The number of amides is 2. The van der Waals surface area contributed by atoms with E-state index in [9.17, 15) is 14.4 Å². The Hall–Kier alpha value is -3.37. The van der Waals surface area contributed by atoms with Crippen LogP contribution in [0.2, 0.25) is 0 Å². The van der Waals surface area contributed by atoms with Crippen molar-refractivity contribution in [1.29, 1.82) is 0 Å². The summed E-state index contributed by atoms with van der Waals surface area (Å²) >= 11 is 0. The number of nitrogens with zero attached hydrogens (tertiary/aromatic N) is 3. The van der Waals surface area contributed by atoms with Gasteiger partial charge in [0.25, 0.3) is 5.91 Å². The fourth-order valence-electron chi connectivity index (χ4n) is 4.71. The summed E-state index contributed by atoms with van der Waals surface area (Å²) in [6, 6.07) is 3.84. The summed E-state index contributed by atoms with van der Waals surface area (Å²) in [5, 5.41) is 8.50. The molecular weight excluding hydrogens is 484 g/mol. The number of aromatic nitrogens is 2. The first kappa shape index (κ1) is 27.7. The van der Waals surface area contributed by atoms with Crippen LogP contribution in [0.4, 0.5) is 0 Å².